The lowest BCUT2D eigenvalue weighted by atomic mass is 9.68. The molecule has 2 bridgehead atoms. The molecule has 3 aliphatic carbocycles. The van der Waals surface area contributed by atoms with Gasteiger partial charge in [0, 0.05) is 23.8 Å². The van der Waals surface area contributed by atoms with E-state index in [0.29, 0.717) is 0 Å². The van der Waals surface area contributed by atoms with Crippen LogP contribution in [-0.4, -0.2) is 11.9 Å². The van der Waals surface area contributed by atoms with Gasteiger partial charge >= 0.3 is 0 Å². The van der Waals surface area contributed by atoms with Gasteiger partial charge in [-0.15, -0.1) is 0 Å². The molecule has 0 heterocycles. The first-order valence-electron chi connectivity index (χ1n) is 5.53. The maximum atomic E-state index is 11.0. The van der Waals surface area contributed by atoms with E-state index >= 15 is 0 Å². The van der Waals surface area contributed by atoms with E-state index in [0.717, 1.165) is 32.1 Å². The summed E-state index contributed by atoms with van der Waals surface area (Å²) in [6, 6.07) is 0. The second kappa shape index (κ2) is 3.83. The summed E-state index contributed by atoms with van der Waals surface area (Å²) in [5, 5.41) is 22.0. The van der Waals surface area contributed by atoms with Crippen molar-refractivity contribution in [1.29, 1.82) is 0 Å². The molecule has 3 saturated carbocycles. The van der Waals surface area contributed by atoms with Gasteiger partial charge in [0.15, 0.2) is 0 Å². The molecule has 0 N–H and O–H groups in total. The molecular weight excluding hydrogens is 196 g/mol. The highest BCUT2D eigenvalue weighted by atomic mass is 16.4. The molecule has 15 heavy (non-hydrogen) atoms. The number of fused-ring (bicyclic) bond motifs is 4. The zero-order chi connectivity index (χ0) is 11.0. The smallest absolute Gasteiger partial charge is 0.0454 e. The summed E-state index contributed by atoms with van der Waals surface area (Å²) in [6.07, 6.45) is 4.22. The molecule has 0 aromatic rings. The highest BCUT2D eigenvalue weighted by molar-refractivity contribution is 5.78. The van der Waals surface area contributed by atoms with Crippen molar-refractivity contribution in [2.45, 2.75) is 32.1 Å². The SMILES string of the molecule is O=C([O-])[C@@H]1[C@@H]2CCC[C@@H](CC2)[C@@H]1C(=O)[O-]. The molecule has 0 aromatic heterocycles. The van der Waals surface area contributed by atoms with E-state index in [-0.39, 0.29) is 11.8 Å². The van der Waals surface area contributed by atoms with Gasteiger partial charge < -0.3 is 19.8 Å². The number of carbonyl (C=O) groups excluding carboxylic acids is 2. The molecular formula is C11H14O4-2. The van der Waals surface area contributed by atoms with Gasteiger partial charge in [-0.2, -0.15) is 0 Å². The van der Waals surface area contributed by atoms with Crippen molar-refractivity contribution in [2.24, 2.45) is 23.7 Å². The fourth-order valence-corrected chi connectivity index (χ4v) is 3.34. The summed E-state index contributed by atoms with van der Waals surface area (Å²) in [7, 11) is 0. The van der Waals surface area contributed by atoms with E-state index in [2.05, 4.69) is 0 Å². The van der Waals surface area contributed by atoms with Crippen LogP contribution in [0.5, 0.6) is 0 Å². The Morgan fingerprint density at radius 3 is 1.53 bits per heavy atom. The molecule has 0 amide bonds. The second-order valence-corrected chi connectivity index (χ2v) is 4.72. The molecule has 3 aliphatic rings. The van der Waals surface area contributed by atoms with Gasteiger partial charge in [-0.25, -0.2) is 0 Å². The summed E-state index contributed by atoms with van der Waals surface area (Å²) in [5.74, 6) is -4.10. The number of rotatable bonds is 2. The lowest BCUT2D eigenvalue weighted by molar-refractivity contribution is -0.332. The van der Waals surface area contributed by atoms with Crippen LogP contribution in [0.2, 0.25) is 0 Å². The molecule has 3 fully saturated rings. The van der Waals surface area contributed by atoms with Gasteiger partial charge in [0.25, 0.3) is 0 Å². The molecule has 84 valence electrons. The van der Waals surface area contributed by atoms with Crippen LogP contribution in [0.1, 0.15) is 32.1 Å². The van der Waals surface area contributed by atoms with Gasteiger partial charge in [0.05, 0.1) is 0 Å². The molecule has 0 radical (unpaired) electrons. The number of hydrogen-bond donors (Lipinski definition) is 0. The zero-order valence-corrected chi connectivity index (χ0v) is 8.48. The van der Waals surface area contributed by atoms with Crippen molar-refractivity contribution in [3.8, 4) is 0 Å². The van der Waals surface area contributed by atoms with Crippen molar-refractivity contribution in [3.63, 3.8) is 0 Å². The first-order valence-corrected chi connectivity index (χ1v) is 5.53. The van der Waals surface area contributed by atoms with Crippen LogP contribution in [0.4, 0.5) is 0 Å². The number of hydrogen-bond acceptors (Lipinski definition) is 4. The third-order valence-corrected chi connectivity index (χ3v) is 4.01. The fourth-order valence-electron chi connectivity index (χ4n) is 3.34. The van der Waals surface area contributed by atoms with E-state index in [9.17, 15) is 19.8 Å². The molecule has 0 unspecified atom stereocenters. The Morgan fingerprint density at radius 2 is 1.20 bits per heavy atom. The van der Waals surface area contributed by atoms with E-state index in [1.807, 2.05) is 0 Å². The standard InChI is InChI=1S/C11H16O4/c12-10(13)8-6-2-1-3-7(5-4-6)9(8)11(14)15/h6-9H,1-5H2,(H,12,13)(H,14,15)/p-2/t6-,7+,8-,9+. The van der Waals surface area contributed by atoms with Crippen molar-refractivity contribution < 1.29 is 19.8 Å². The van der Waals surface area contributed by atoms with Gasteiger partial charge in [-0.1, -0.05) is 6.42 Å². The minimum atomic E-state index is -1.21. The second-order valence-electron chi connectivity index (χ2n) is 4.72. The van der Waals surface area contributed by atoms with Crippen LogP contribution >= 0.6 is 0 Å². The predicted molar refractivity (Wildman–Crippen MR) is 47.1 cm³/mol. The number of aliphatic carboxylic acids is 2. The highest BCUT2D eigenvalue weighted by Gasteiger charge is 2.42. The average Bonchev–Trinajstić information content (AvgIpc) is 2.48. The summed E-state index contributed by atoms with van der Waals surface area (Å²) in [4.78, 5) is 22.0. The summed E-state index contributed by atoms with van der Waals surface area (Å²) in [5.41, 5.74) is 0. The van der Waals surface area contributed by atoms with Gasteiger partial charge in [0.1, 0.15) is 0 Å². The minimum Gasteiger partial charge on any atom is -0.550 e. The van der Waals surface area contributed by atoms with Gasteiger partial charge in [-0.3, -0.25) is 0 Å². The Morgan fingerprint density at radius 1 is 0.800 bits per heavy atom. The minimum absolute atomic E-state index is 0.0170. The molecule has 3 rings (SSSR count). The maximum Gasteiger partial charge on any atom is 0.0454 e. The van der Waals surface area contributed by atoms with E-state index < -0.39 is 23.8 Å². The van der Waals surface area contributed by atoms with Crippen molar-refractivity contribution in [3.05, 3.63) is 0 Å². The maximum absolute atomic E-state index is 11.0. The Kier molecular flexibility index (Phi) is 2.67. The molecule has 4 nitrogen and oxygen atoms in total. The Balaban J connectivity index is 2.31. The number of carbonyl (C=O) groups is 2. The van der Waals surface area contributed by atoms with Gasteiger partial charge in [-0.05, 0) is 37.5 Å². The summed E-state index contributed by atoms with van der Waals surface area (Å²) in [6.45, 7) is 0. The van der Waals surface area contributed by atoms with E-state index in [4.69, 9.17) is 0 Å². The Bertz CT molecular complexity index is 254. The van der Waals surface area contributed by atoms with E-state index in [1.165, 1.54) is 0 Å². The van der Waals surface area contributed by atoms with Gasteiger partial charge in [0.2, 0.25) is 0 Å². The van der Waals surface area contributed by atoms with Crippen LogP contribution in [-0.2, 0) is 9.59 Å². The number of carboxylic acid groups (broad SMARTS) is 2. The summed E-state index contributed by atoms with van der Waals surface area (Å²) < 4.78 is 0. The third kappa shape index (κ3) is 1.73. The van der Waals surface area contributed by atoms with Crippen molar-refractivity contribution >= 4 is 11.9 Å². The van der Waals surface area contributed by atoms with E-state index in [1.54, 1.807) is 0 Å². The number of carboxylic acids is 2. The Labute approximate surface area is 88.3 Å². The normalized spacial score (nSPS) is 39.7. The summed E-state index contributed by atoms with van der Waals surface area (Å²) >= 11 is 0. The van der Waals surface area contributed by atoms with Crippen LogP contribution in [0, 0.1) is 23.7 Å². The molecule has 0 aromatic carbocycles. The lowest BCUT2D eigenvalue weighted by Gasteiger charge is -2.41. The first-order chi connectivity index (χ1) is 7.11. The topological polar surface area (TPSA) is 80.3 Å². The molecule has 0 aliphatic heterocycles. The largest absolute Gasteiger partial charge is 0.550 e. The monoisotopic (exact) mass is 210 g/mol. The molecule has 0 spiro atoms. The average molecular weight is 210 g/mol. The molecule has 4 heteroatoms. The lowest BCUT2D eigenvalue weighted by Crippen LogP contribution is -2.51. The van der Waals surface area contributed by atoms with Crippen molar-refractivity contribution in [2.75, 3.05) is 0 Å². The fraction of sp³-hybridized carbons (Fsp3) is 0.818. The first kappa shape index (κ1) is 10.5. The van der Waals surface area contributed by atoms with Crippen molar-refractivity contribution in [1.82, 2.24) is 0 Å². The van der Waals surface area contributed by atoms with Crippen LogP contribution in [0.25, 0.3) is 0 Å². The highest BCUT2D eigenvalue weighted by Crippen LogP contribution is 2.46. The molecule has 4 atom stereocenters. The van der Waals surface area contributed by atoms with Crippen LogP contribution < -0.4 is 10.2 Å². The zero-order valence-electron chi connectivity index (χ0n) is 8.48. The third-order valence-electron chi connectivity index (χ3n) is 4.01. The predicted octanol–water partition coefficient (Wildman–Crippen LogP) is -1.07. The van der Waals surface area contributed by atoms with Crippen LogP contribution in [0.3, 0.4) is 0 Å². The van der Waals surface area contributed by atoms with Crippen LogP contribution in [0.15, 0.2) is 0 Å². The Hall–Kier alpha value is -1.06. The quantitative estimate of drug-likeness (QED) is 0.581. The molecule has 0 saturated heterocycles.